The molecule has 1 fully saturated rings. The number of piperazine rings is 1. The Balaban J connectivity index is 1.96. The molecule has 1 heterocycles. The smallest absolute Gasteiger partial charge is 0.239 e. The van der Waals surface area contributed by atoms with Crippen molar-refractivity contribution in [2.24, 2.45) is 5.73 Å². The molecule has 1 amide bonds. The molecule has 1 aromatic carbocycles. The van der Waals surface area contributed by atoms with Gasteiger partial charge in [0.1, 0.15) is 0 Å². The molecular formula is C14H20ClN3O. The zero-order valence-electron chi connectivity index (χ0n) is 11.2. The molecule has 1 aromatic rings. The monoisotopic (exact) mass is 281 g/mol. The number of hydrogen-bond acceptors (Lipinski definition) is 3. The molecule has 2 rings (SSSR count). The molecule has 5 heteroatoms. The van der Waals surface area contributed by atoms with Crippen molar-refractivity contribution >= 4 is 23.2 Å². The fourth-order valence-corrected chi connectivity index (χ4v) is 2.54. The SMILES string of the molecule is CC[C@@H](N)C(=O)N1CCN(c2ccccc2Cl)CC1. The van der Waals surface area contributed by atoms with Crippen LogP contribution in [0.5, 0.6) is 0 Å². The second kappa shape index (κ2) is 6.26. The minimum atomic E-state index is -0.369. The normalized spacial score (nSPS) is 17.4. The van der Waals surface area contributed by atoms with Crippen LogP contribution in [0.1, 0.15) is 13.3 Å². The lowest BCUT2D eigenvalue weighted by molar-refractivity contribution is -0.132. The van der Waals surface area contributed by atoms with Gasteiger partial charge < -0.3 is 15.5 Å². The topological polar surface area (TPSA) is 49.6 Å². The van der Waals surface area contributed by atoms with Crippen LogP contribution in [0.15, 0.2) is 24.3 Å². The first-order valence-corrected chi connectivity index (χ1v) is 7.05. The lowest BCUT2D eigenvalue weighted by Crippen LogP contribution is -2.53. The van der Waals surface area contributed by atoms with Crippen molar-refractivity contribution in [3.05, 3.63) is 29.3 Å². The van der Waals surface area contributed by atoms with Crippen LogP contribution in [0.3, 0.4) is 0 Å². The summed E-state index contributed by atoms with van der Waals surface area (Å²) in [7, 11) is 0. The molecule has 104 valence electrons. The molecule has 0 saturated carbocycles. The van der Waals surface area contributed by atoms with Gasteiger partial charge >= 0.3 is 0 Å². The quantitative estimate of drug-likeness (QED) is 0.918. The van der Waals surface area contributed by atoms with Crippen LogP contribution in [0.4, 0.5) is 5.69 Å². The maximum atomic E-state index is 12.0. The minimum absolute atomic E-state index is 0.0568. The lowest BCUT2D eigenvalue weighted by atomic mass is 10.2. The Morgan fingerprint density at radius 2 is 1.95 bits per heavy atom. The zero-order valence-corrected chi connectivity index (χ0v) is 11.9. The number of carbonyl (C=O) groups excluding carboxylic acids is 1. The van der Waals surface area contributed by atoms with E-state index >= 15 is 0 Å². The number of para-hydroxylation sites is 1. The molecule has 0 unspecified atom stereocenters. The van der Waals surface area contributed by atoms with Gasteiger partial charge in [0.2, 0.25) is 5.91 Å². The molecule has 0 radical (unpaired) electrons. The molecule has 0 spiro atoms. The number of rotatable bonds is 3. The molecule has 1 aliphatic rings. The molecule has 0 aliphatic carbocycles. The molecule has 4 nitrogen and oxygen atoms in total. The summed E-state index contributed by atoms with van der Waals surface area (Å²) in [5.41, 5.74) is 6.83. The first-order chi connectivity index (χ1) is 9.13. The average Bonchev–Trinajstić information content (AvgIpc) is 2.46. The fourth-order valence-electron chi connectivity index (χ4n) is 2.29. The van der Waals surface area contributed by atoms with E-state index in [1.165, 1.54) is 0 Å². The highest BCUT2D eigenvalue weighted by Gasteiger charge is 2.24. The third kappa shape index (κ3) is 3.19. The number of anilines is 1. The summed E-state index contributed by atoms with van der Waals surface area (Å²) in [5.74, 6) is 0.0568. The standard InChI is InChI=1S/C14H20ClN3O/c1-2-12(16)14(19)18-9-7-17(8-10-18)13-6-4-3-5-11(13)15/h3-6,12H,2,7-10,16H2,1H3/t12-/m1/s1. The van der Waals surface area contributed by atoms with Crippen molar-refractivity contribution in [3.8, 4) is 0 Å². The second-order valence-electron chi connectivity index (χ2n) is 4.78. The Morgan fingerprint density at radius 3 is 2.53 bits per heavy atom. The molecule has 0 aromatic heterocycles. The third-order valence-electron chi connectivity index (χ3n) is 3.54. The van der Waals surface area contributed by atoms with Crippen molar-refractivity contribution in [2.45, 2.75) is 19.4 Å². The van der Waals surface area contributed by atoms with Crippen molar-refractivity contribution in [1.82, 2.24) is 4.90 Å². The molecule has 2 N–H and O–H groups in total. The average molecular weight is 282 g/mol. The highest BCUT2D eigenvalue weighted by atomic mass is 35.5. The maximum Gasteiger partial charge on any atom is 0.239 e. The molecule has 0 bridgehead atoms. The highest BCUT2D eigenvalue weighted by Crippen LogP contribution is 2.26. The van der Waals surface area contributed by atoms with Crippen molar-refractivity contribution < 1.29 is 4.79 Å². The highest BCUT2D eigenvalue weighted by molar-refractivity contribution is 6.33. The number of nitrogens with two attached hydrogens (primary N) is 1. The summed E-state index contributed by atoms with van der Waals surface area (Å²) in [5, 5.41) is 0.757. The number of carbonyl (C=O) groups is 1. The number of amides is 1. The molecule has 1 atom stereocenters. The summed E-state index contributed by atoms with van der Waals surface area (Å²) >= 11 is 6.19. The van der Waals surface area contributed by atoms with Crippen molar-refractivity contribution in [1.29, 1.82) is 0 Å². The molecular weight excluding hydrogens is 262 g/mol. The largest absolute Gasteiger partial charge is 0.367 e. The second-order valence-corrected chi connectivity index (χ2v) is 5.19. The zero-order chi connectivity index (χ0) is 13.8. The number of benzene rings is 1. The van der Waals surface area contributed by atoms with Crippen LogP contribution in [0.2, 0.25) is 5.02 Å². The maximum absolute atomic E-state index is 12.0. The van der Waals surface area contributed by atoms with E-state index in [0.29, 0.717) is 19.5 Å². The van der Waals surface area contributed by atoms with Gasteiger partial charge in [0, 0.05) is 26.2 Å². The Hall–Kier alpha value is -1.26. The van der Waals surface area contributed by atoms with Gasteiger partial charge in [-0.1, -0.05) is 30.7 Å². The van der Waals surface area contributed by atoms with Crippen molar-refractivity contribution in [3.63, 3.8) is 0 Å². The number of hydrogen-bond donors (Lipinski definition) is 1. The summed E-state index contributed by atoms with van der Waals surface area (Å²) in [6.45, 7) is 4.94. The van der Waals surface area contributed by atoms with Crippen LogP contribution in [0, 0.1) is 0 Å². The van der Waals surface area contributed by atoms with Crippen molar-refractivity contribution in [2.75, 3.05) is 31.1 Å². The van der Waals surface area contributed by atoms with E-state index < -0.39 is 0 Å². The molecule has 1 saturated heterocycles. The van der Waals surface area contributed by atoms with E-state index in [1.807, 2.05) is 36.1 Å². The van der Waals surface area contributed by atoms with E-state index in [1.54, 1.807) is 0 Å². The fraction of sp³-hybridized carbons (Fsp3) is 0.500. The lowest BCUT2D eigenvalue weighted by Gasteiger charge is -2.37. The Kier molecular flexibility index (Phi) is 4.66. The van der Waals surface area contributed by atoms with Crippen LogP contribution >= 0.6 is 11.6 Å². The molecule has 1 aliphatic heterocycles. The van der Waals surface area contributed by atoms with E-state index in [-0.39, 0.29) is 11.9 Å². The van der Waals surface area contributed by atoms with Crippen LogP contribution in [-0.2, 0) is 4.79 Å². The van der Waals surface area contributed by atoms with Gasteiger partial charge in [-0.15, -0.1) is 0 Å². The minimum Gasteiger partial charge on any atom is -0.367 e. The first kappa shape index (κ1) is 14.2. The molecule has 19 heavy (non-hydrogen) atoms. The Labute approximate surface area is 119 Å². The summed E-state index contributed by atoms with van der Waals surface area (Å²) in [6.07, 6.45) is 0.684. The van der Waals surface area contributed by atoms with E-state index in [9.17, 15) is 4.79 Å². The van der Waals surface area contributed by atoms with Gasteiger partial charge in [-0.3, -0.25) is 4.79 Å². The van der Waals surface area contributed by atoms with Gasteiger partial charge in [-0.05, 0) is 18.6 Å². The summed E-state index contributed by atoms with van der Waals surface area (Å²) in [6, 6.07) is 7.43. The van der Waals surface area contributed by atoms with Gasteiger partial charge in [0.05, 0.1) is 16.8 Å². The Bertz CT molecular complexity index is 444. The Morgan fingerprint density at radius 1 is 1.32 bits per heavy atom. The van der Waals surface area contributed by atoms with Gasteiger partial charge in [0.25, 0.3) is 0 Å². The number of halogens is 1. The van der Waals surface area contributed by atoms with Crippen LogP contribution < -0.4 is 10.6 Å². The predicted octanol–water partition coefficient (Wildman–Crippen LogP) is 1.73. The predicted molar refractivity (Wildman–Crippen MR) is 78.5 cm³/mol. The van der Waals surface area contributed by atoms with E-state index in [2.05, 4.69) is 4.90 Å². The first-order valence-electron chi connectivity index (χ1n) is 6.67. The summed E-state index contributed by atoms with van der Waals surface area (Å²) < 4.78 is 0. The van der Waals surface area contributed by atoms with E-state index in [4.69, 9.17) is 17.3 Å². The van der Waals surface area contributed by atoms with Gasteiger partial charge in [0.15, 0.2) is 0 Å². The number of nitrogens with zero attached hydrogens (tertiary/aromatic N) is 2. The van der Waals surface area contributed by atoms with Crippen LogP contribution in [-0.4, -0.2) is 43.0 Å². The van der Waals surface area contributed by atoms with Crippen LogP contribution in [0.25, 0.3) is 0 Å². The third-order valence-corrected chi connectivity index (χ3v) is 3.86. The van der Waals surface area contributed by atoms with Gasteiger partial charge in [-0.2, -0.15) is 0 Å². The van der Waals surface area contributed by atoms with E-state index in [0.717, 1.165) is 23.8 Å². The van der Waals surface area contributed by atoms with Gasteiger partial charge in [-0.25, -0.2) is 0 Å². The summed E-state index contributed by atoms with van der Waals surface area (Å²) in [4.78, 5) is 16.1.